The Morgan fingerprint density at radius 2 is 2.16 bits per heavy atom. The molecule has 104 valence electrons. The molecule has 0 aliphatic heterocycles. The van der Waals surface area contributed by atoms with Gasteiger partial charge in [0.1, 0.15) is 11.9 Å². The van der Waals surface area contributed by atoms with E-state index in [1.165, 1.54) is 12.1 Å². The monoisotopic (exact) mass is 264 g/mol. The highest BCUT2D eigenvalue weighted by molar-refractivity contribution is 5.34. The smallest absolute Gasteiger partial charge is 0.141 e. The summed E-state index contributed by atoms with van der Waals surface area (Å²) in [5.74, 6) is -0.483. The minimum Gasteiger partial charge on any atom is -0.396 e. The predicted molar refractivity (Wildman–Crippen MR) is 73.0 cm³/mol. The van der Waals surface area contributed by atoms with Crippen molar-refractivity contribution in [3.05, 3.63) is 35.1 Å². The SMILES string of the molecule is CC(NCC(C)(C)CCO)c1ccc(C#N)c(F)c1. The summed E-state index contributed by atoms with van der Waals surface area (Å²) < 4.78 is 13.5. The van der Waals surface area contributed by atoms with Crippen LogP contribution < -0.4 is 5.32 Å². The number of hydrogen-bond acceptors (Lipinski definition) is 3. The number of nitrogens with one attached hydrogen (secondary N) is 1. The van der Waals surface area contributed by atoms with Gasteiger partial charge in [-0.1, -0.05) is 19.9 Å². The highest BCUT2D eigenvalue weighted by atomic mass is 19.1. The van der Waals surface area contributed by atoms with Gasteiger partial charge >= 0.3 is 0 Å². The van der Waals surface area contributed by atoms with Gasteiger partial charge in [0, 0.05) is 19.2 Å². The molecule has 0 aliphatic carbocycles. The third-order valence-electron chi connectivity index (χ3n) is 3.29. The number of benzene rings is 1. The summed E-state index contributed by atoms with van der Waals surface area (Å²) in [5, 5.41) is 21.0. The topological polar surface area (TPSA) is 56.0 Å². The molecule has 0 fully saturated rings. The Kier molecular flexibility index (Phi) is 5.46. The van der Waals surface area contributed by atoms with Crippen molar-refractivity contribution in [3.8, 4) is 6.07 Å². The summed E-state index contributed by atoms with van der Waals surface area (Å²) in [6.45, 7) is 6.99. The van der Waals surface area contributed by atoms with Crippen LogP contribution in [-0.2, 0) is 0 Å². The van der Waals surface area contributed by atoms with Crippen LogP contribution in [0.2, 0.25) is 0 Å². The number of hydrogen-bond donors (Lipinski definition) is 2. The van der Waals surface area contributed by atoms with Crippen LogP contribution in [-0.4, -0.2) is 18.3 Å². The van der Waals surface area contributed by atoms with Gasteiger partial charge in [-0.2, -0.15) is 5.26 Å². The van der Waals surface area contributed by atoms with E-state index in [1.54, 1.807) is 6.07 Å². The van der Waals surface area contributed by atoms with Crippen molar-refractivity contribution in [1.82, 2.24) is 5.32 Å². The molecule has 0 amide bonds. The lowest BCUT2D eigenvalue weighted by Gasteiger charge is -2.26. The van der Waals surface area contributed by atoms with Crippen LogP contribution >= 0.6 is 0 Å². The molecule has 1 rings (SSSR count). The number of nitrogens with zero attached hydrogens (tertiary/aromatic N) is 1. The van der Waals surface area contributed by atoms with Gasteiger partial charge in [-0.3, -0.25) is 0 Å². The van der Waals surface area contributed by atoms with Crippen molar-refractivity contribution >= 4 is 0 Å². The number of rotatable bonds is 6. The van der Waals surface area contributed by atoms with Crippen molar-refractivity contribution in [1.29, 1.82) is 5.26 Å². The normalized spacial score (nSPS) is 13.1. The summed E-state index contributed by atoms with van der Waals surface area (Å²) >= 11 is 0. The van der Waals surface area contributed by atoms with Gasteiger partial charge in [-0.05, 0) is 36.5 Å². The van der Waals surface area contributed by atoms with E-state index < -0.39 is 5.82 Å². The van der Waals surface area contributed by atoms with Crippen molar-refractivity contribution in [2.75, 3.05) is 13.2 Å². The van der Waals surface area contributed by atoms with E-state index >= 15 is 0 Å². The lowest BCUT2D eigenvalue weighted by atomic mass is 9.89. The molecule has 2 N–H and O–H groups in total. The van der Waals surface area contributed by atoms with Gasteiger partial charge in [0.15, 0.2) is 0 Å². The second kappa shape index (κ2) is 6.65. The van der Waals surface area contributed by atoms with E-state index in [0.29, 0.717) is 6.42 Å². The minimum absolute atomic E-state index is 0.000195. The third kappa shape index (κ3) is 4.62. The van der Waals surface area contributed by atoms with Crippen LogP contribution in [0.5, 0.6) is 0 Å². The van der Waals surface area contributed by atoms with Crippen molar-refractivity contribution < 1.29 is 9.50 Å². The summed E-state index contributed by atoms with van der Waals surface area (Å²) in [6.07, 6.45) is 0.717. The highest BCUT2D eigenvalue weighted by Crippen LogP contribution is 2.21. The molecule has 4 heteroatoms. The Bertz CT molecular complexity index is 466. The molecule has 1 aromatic rings. The molecule has 0 heterocycles. The number of aliphatic hydroxyl groups is 1. The molecular weight excluding hydrogens is 243 g/mol. The van der Waals surface area contributed by atoms with E-state index in [4.69, 9.17) is 10.4 Å². The van der Waals surface area contributed by atoms with Gasteiger partial charge in [-0.15, -0.1) is 0 Å². The predicted octanol–water partition coefficient (Wildman–Crippen LogP) is 2.76. The van der Waals surface area contributed by atoms with Crippen LogP contribution in [0.3, 0.4) is 0 Å². The molecule has 0 bridgehead atoms. The van der Waals surface area contributed by atoms with E-state index in [0.717, 1.165) is 12.1 Å². The van der Waals surface area contributed by atoms with Gasteiger partial charge in [0.25, 0.3) is 0 Å². The standard InChI is InChI=1S/C15H21FN2O/c1-11(18-10-15(2,3)6-7-19)12-4-5-13(9-17)14(16)8-12/h4-5,8,11,18-19H,6-7,10H2,1-3H3. The van der Waals surface area contributed by atoms with E-state index in [1.807, 2.05) is 13.0 Å². The second-order valence-corrected chi connectivity index (χ2v) is 5.59. The molecule has 0 aliphatic rings. The summed E-state index contributed by atoms with van der Waals surface area (Å²) in [6, 6.07) is 6.47. The van der Waals surface area contributed by atoms with Crippen LogP contribution in [0.25, 0.3) is 0 Å². The summed E-state index contributed by atoms with van der Waals surface area (Å²) in [4.78, 5) is 0. The maximum Gasteiger partial charge on any atom is 0.141 e. The summed E-state index contributed by atoms with van der Waals surface area (Å²) in [7, 11) is 0. The molecule has 1 unspecified atom stereocenters. The van der Waals surface area contributed by atoms with Crippen LogP contribution in [0, 0.1) is 22.6 Å². The Morgan fingerprint density at radius 3 is 2.68 bits per heavy atom. The zero-order chi connectivity index (χ0) is 14.5. The highest BCUT2D eigenvalue weighted by Gasteiger charge is 2.18. The Morgan fingerprint density at radius 1 is 1.47 bits per heavy atom. The van der Waals surface area contributed by atoms with Crippen molar-refractivity contribution in [3.63, 3.8) is 0 Å². The molecule has 0 saturated carbocycles. The first-order chi connectivity index (χ1) is 8.89. The molecule has 1 aromatic carbocycles. The fourth-order valence-corrected chi connectivity index (χ4v) is 1.83. The van der Waals surface area contributed by atoms with E-state index in [2.05, 4.69) is 19.2 Å². The Hall–Kier alpha value is -1.44. The molecule has 3 nitrogen and oxygen atoms in total. The number of aliphatic hydroxyl groups excluding tert-OH is 1. The van der Waals surface area contributed by atoms with Gasteiger partial charge in [-0.25, -0.2) is 4.39 Å². The van der Waals surface area contributed by atoms with Gasteiger partial charge in [0.05, 0.1) is 5.56 Å². The number of halogens is 1. The molecule has 1 atom stereocenters. The molecule has 0 saturated heterocycles. The van der Waals surface area contributed by atoms with Crippen LogP contribution in [0.1, 0.15) is 44.4 Å². The molecular formula is C15H21FN2O. The molecule has 19 heavy (non-hydrogen) atoms. The van der Waals surface area contributed by atoms with Crippen molar-refractivity contribution in [2.45, 2.75) is 33.2 Å². The second-order valence-electron chi connectivity index (χ2n) is 5.59. The lowest BCUT2D eigenvalue weighted by Crippen LogP contribution is -2.32. The first kappa shape index (κ1) is 15.6. The Labute approximate surface area is 114 Å². The maximum absolute atomic E-state index is 13.5. The first-order valence-electron chi connectivity index (χ1n) is 6.43. The van der Waals surface area contributed by atoms with E-state index in [9.17, 15) is 4.39 Å². The zero-order valence-corrected chi connectivity index (χ0v) is 11.7. The average Bonchev–Trinajstić information content (AvgIpc) is 2.36. The minimum atomic E-state index is -0.483. The molecule has 0 radical (unpaired) electrons. The zero-order valence-electron chi connectivity index (χ0n) is 11.7. The van der Waals surface area contributed by atoms with Crippen molar-refractivity contribution in [2.24, 2.45) is 5.41 Å². The summed E-state index contributed by atoms with van der Waals surface area (Å²) in [5.41, 5.74) is 0.876. The Balaban J connectivity index is 2.66. The average molecular weight is 264 g/mol. The van der Waals surface area contributed by atoms with Crippen LogP contribution in [0.15, 0.2) is 18.2 Å². The first-order valence-corrected chi connectivity index (χ1v) is 6.43. The van der Waals surface area contributed by atoms with E-state index in [-0.39, 0.29) is 23.6 Å². The molecule has 0 spiro atoms. The third-order valence-corrected chi connectivity index (χ3v) is 3.29. The fraction of sp³-hybridized carbons (Fsp3) is 0.533. The number of nitriles is 1. The largest absolute Gasteiger partial charge is 0.396 e. The fourth-order valence-electron chi connectivity index (χ4n) is 1.83. The van der Waals surface area contributed by atoms with Gasteiger partial charge < -0.3 is 10.4 Å². The lowest BCUT2D eigenvalue weighted by molar-refractivity contribution is 0.203. The maximum atomic E-state index is 13.5. The molecule has 0 aromatic heterocycles. The quantitative estimate of drug-likeness (QED) is 0.830. The van der Waals surface area contributed by atoms with Crippen LogP contribution in [0.4, 0.5) is 4.39 Å². The van der Waals surface area contributed by atoms with Gasteiger partial charge in [0.2, 0.25) is 0 Å².